The van der Waals surface area contributed by atoms with E-state index in [2.05, 4.69) is 20.3 Å². The number of benzene rings is 2. The van der Waals surface area contributed by atoms with Crippen LogP contribution >= 0.6 is 11.6 Å². The number of amides is 1. The minimum Gasteiger partial charge on any atom is -0.375 e. The first-order valence-corrected chi connectivity index (χ1v) is 10.2. The van der Waals surface area contributed by atoms with Crippen LogP contribution in [0.15, 0.2) is 58.4 Å². The molecular formula is C18H19ClN4O3S. The van der Waals surface area contributed by atoms with Gasteiger partial charge in [0, 0.05) is 18.7 Å². The van der Waals surface area contributed by atoms with Gasteiger partial charge in [-0.25, -0.2) is 8.42 Å². The third-order valence-electron chi connectivity index (χ3n) is 3.87. The van der Waals surface area contributed by atoms with Gasteiger partial charge >= 0.3 is 0 Å². The molecule has 1 aliphatic rings. The lowest BCUT2D eigenvalue weighted by molar-refractivity contribution is -0.114. The first-order chi connectivity index (χ1) is 12.9. The first kappa shape index (κ1) is 19.2. The highest BCUT2D eigenvalue weighted by atomic mass is 35.5. The maximum absolute atomic E-state index is 12.4. The summed E-state index contributed by atoms with van der Waals surface area (Å²) in [4.78, 5) is 16.3. The lowest BCUT2D eigenvalue weighted by Crippen LogP contribution is -2.29. The second-order valence-electron chi connectivity index (χ2n) is 5.95. The molecule has 0 spiro atoms. The van der Waals surface area contributed by atoms with Crippen molar-refractivity contribution in [2.45, 2.75) is 17.7 Å². The molecule has 7 nitrogen and oxygen atoms in total. The molecule has 27 heavy (non-hydrogen) atoms. The zero-order valence-electron chi connectivity index (χ0n) is 14.4. The Hall–Kier alpha value is -2.58. The summed E-state index contributed by atoms with van der Waals surface area (Å²) >= 11 is 6.03. The van der Waals surface area contributed by atoms with E-state index in [1.54, 1.807) is 30.3 Å². The van der Waals surface area contributed by atoms with E-state index in [1.807, 2.05) is 6.07 Å². The number of hydrogen-bond donors (Lipinski definition) is 3. The highest BCUT2D eigenvalue weighted by Crippen LogP contribution is 2.20. The van der Waals surface area contributed by atoms with Gasteiger partial charge in [0.05, 0.1) is 22.2 Å². The highest BCUT2D eigenvalue weighted by molar-refractivity contribution is 7.90. The Morgan fingerprint density at radius 1 is 1.15 bits per heavy atom. The number of hydrogen-bond acceptors (Lipinski definition) is 5. The topological polar surface area (TPSA) is 99.7 Å². The normalized spacial score (nSPS) is 13.7. The van der Waals surface area contributed by atoms with Crippen molar-refractivity contribution in [1.29, 1.82) is 0 Å². The molecule has 0 radical (unpaired) electrons. The van der Waals surface area contributed by atoms with Gasteiger partial charge in [0.1, 0.15) is 5.84 Å². The zero-order valence-corrected chi connectivity index (χ0v) is 16.0. The van der Waals surface area contributed by atoms with Crippen molar-refractivity contribution in [2.75, 3.05) is 23.7 Å². The molecule has 0 saturated carbocycles. The van der Waals surface area contributed by atoms with Gasteiger partial charge < -0.3 is 10.6 Å². The van der Waals surface area contributed by atoms with E-state index >= 15 is 0 Å². The number of nitrogens with zero attached hydrogens (tertiary/aromatic N) is 1. The Kier molecular flexibility index (Phi) is 5.98. The predicted octanol–water partition coefficient (Wildman–Crippen LogP) is 2.86. The molecule has 0 aliphatic carbocycles. The third-order valence-corrected chi connectivity index (χ3v) is 5.58. The first-order valence-electron chi connectivity index (χ1n) is 8.38. The summed E-state index contributed by atoms with van der Waals surface area (Å²) in [7, 11) is -3.73. The van der Waals surface area contributed by atoms with Crippen LogP contribution in [0.5, 0.6) is 0 Å². The molecule has 9 heteroatoms. The predicted molar refractivity (Wildman–Crippen MR) is 107 cm³/mol. The number of nitrogens with one attached hydrogen (secondary N) is 3. The van der Waals surface area contributed by atoms with E-state index in [-0.39, 0.29) is 17.3 Å². The molecule has 1 heterocycles. The second kappa shape index (κ2) is 8.41. The summed E-state index contributed by atoms with van der Waals surface area (Å²) in [5, 5.41) is 6.12. The number of anilines is 2. The van der Waals surface area contributed by atoms with Gasteiger partial charge in [-0.2, -0.15) is 0 Å². The molecule has 0 atom stereocenters. The van der Waals surface area contributed by atoms with Crippen LogP contribution in [0.1, 0.15) is 12.8 Å². The van der Waals surface area contributed by atoms with Crippen LogP contribution in [0.3, 0.4) is 0 Å². The SMILES string of the molecule is O=C(CNc1ccccc1Cl)Nc1cccc(S(=O)(=O)NC2=NCCC2)c1. The number of amidine groups is 1. The van der Waals surface area contributed by atoms with E-state index in [9.17, 15) is 13.2 Å². The summed E-state index contributed by atoms with van der Waals surface area (Å²) in [6.07, 6.45) is 1.45. The van der Waals surface area contributed by atoms with Crippen molar-refractivity contribution in [3.8, 4) is 0 Å². The van der Waals surface area contributed by atoms with Crippen molar-refractivity contribution < 1.29 is 13.2 Å². The molecule has 1 aliphatic heterocycles. The van der Waals surface area contributed by atoms with Crippen LogP contribution in [-0.2, 0) is 14.8 Å². The molecule has 2 aromatic carbocycles. The molecule has 0 unspecified atom stereocenters. The van der Waals surface area contributed by atoms with E-state index < -0.39 is 10.0 Å². The molecule has 3 rings (SSSR count). The fraction of sp³-hybridized carbons (Fsp3) is 0.222. The van der Waals surface area contributed by atoms with Gasteiger partial charge in [-0.15, -0.1) is 0 Å². The number of sulfonamides is 1. The largest absolute Gasteiger partial charge is 0.375 e. The number of rotatable bonds is 6. The fourth-order valence-electron chi connectivity index (χ4n) is 2.56. The molecule has 0 fully saturated rings. The monoisotopic (exact) mass is 406 g/mol. The summed E-state index contributed by atoms with van der Waals surface area (Å²) in [6, 6.07) is 13.2. The van der Waals surface area contributed by atoms with Crippen LogP contribution in [0, 0.1) is 0 Å². The molecule has 0 aromatic heterocycles. The number of halogens is 1. The summed E-state index contributed by atoms with van der Waals surface area (Å²) in [5.74, 6) is 0.144. The third kappa shape index (κ3) is 5.21. The highest BCUT2D eigenvalue weighted by Gasteiger charge is 2.18. The van der Waals surface area contributed by atoms with E-state index in [0.717, 1.165) is 6.42 Å². The van der Waals surface area contributed by atoms with Crippen molar-refractivity contribution in [3.05, 3.63) is 53.6 Å². The van der Waals surface area contributed by atoms with Crippen LogP contribution in [-0.4, -0.2) is 33.3 Å². The minimum atomic E-state index is -3.73. The van der Waals surface area contributed by atoms with Gasteiger partial charge in [0.15, 0.2) is 0 Å². The maximum atomic E-state index is 12.4. The van der Waals surface area contributed by atoms with Crippen molar-refractivity contribution in [2.24, 2.45) is 4.99 Å². The Labute approximate surface area is 162 Å². The fourth-order valence-corrected chi connectivity index (χ4v) is 3.90. The van der Waals surface area contributed by atoms with Gasteiger partial charge in [-0.3, -0.25) is 14.5 Å². The summed E-state index contributed by atoms with van der Waals surface area (Å²) < 4.78 is 27.4. The van der Waals surface area contributed by atoms with Crippen LogP contribution in [0.2, 0.25) is 5.02 Å². The molecule has 1 amide bonds. The van der Waals surface area contributed by atoms with Gasteiger partial charge in [-0.05, 0) is 36.8 Å². The molecule has 0 bridgehead atoms. The smallest absolute Gasteiger partial charge is 0.262 e. The number of aliphatic imine (C=N–C) groups is 1. The average Bonchev–Trinajstić information content (AvgIpc) is 3.13. The van der Waals surface area contributed by atoms with Crippen molar-refractivity contribution in [3.63, 3.8) is 0 Å². The lowest BCUT2D eigenvalue weighted by atomic mass is 10.3. The van der Waals surface area contributed by atoms with Gasteiger partial charge in [0.25, 0.3) is 10.0 Å². The van der Waals surface area contributed by atoms with Gasteiger partial charge in [-0.1, -0.05) is 29.8 Å². The van der Waals surface area contributed by atoms with Crippen molar-refractivity contribution in [1.82, 2.24) is 4.72 Å². The van der Waals surface area contributed by atoms with Crippen LogP contribution < -0.4 is 15.4 Å². The minimum absolute atomic E-state index is 0.00420. The second-order valence-corrected chi connectivity index (χ2v) is 8.04. The Morgan fingerprint density at radius 2 is 1.96 bits per heavy atom. The lowest BCUT2D eigenvalue weighted by Gasteiger charge is -2.11. The maximum Gasteiger partial charge on any atom is 0.262 e. The van der Waals surface area contributed by atoms with Crippen molar-refractivity contribution >= 4 is 44.7 Å². The zero-order chi connectivity index (χ0) is 19.3. The summed E-state index contributed by atoms with van der Waals surface area (Å²) in [5.41, 5.74) is 1.03. The standard InChI is InChI=1S/C18H19ClN4O3S/c19-15-7-1-2-8-16(15)21-12-18(24)22-13-5-3-6-14(11-13)27(25,26)23-17-9-4-10-20-17/h1-3,5-8,11,21H,4,9-10,12H2,(H,20,23)(H,22,24). The Morgan fingerprint density at radius 3 is 2.70 bits per heavy atom. The molecule has 142 valence electrons. The molecule has 2 aromatic rings. The molecule has 0 saturated heterocycles. The quantitative estimate of drug-likeness (QED) is 0.686. The van der Waals surface area contributed by atoms with E-state index in [0.29, 0.717) is 35.2 Å². The average molecular weight is 407 g/mol. The molecule has 3 N–H and O–H groups in total. The summed E-state index contributed by atoms with van der Waals surface area (Å²) in [6.45, 7) is 0.627. The number of para-hydroxylation sites is 1. The van der Waals surface area contributed by atoms with Crippen LogP contribution in [0.4, 0.5) is 11.4 Å². The van der Waals surface area contributed by atoms with E-state index in [4.69, 9.17) is 11.6 Å². The molecular weight excluding hydrogens is 388 g/mol. The Balaban J connectivity index is 1.63. The van der Waals surface area contributed by atoms with Crippen LogP contribution in [0.25, 0.3) is 0 Å². The number of carbonyl (C=O) groups is 1. The number of carbonyl (C=O) groups excluding carboxylic acids is 1. The Bertz CT molecular complexity index is 976. The van der Waals surface area contributed by atoms with E-state index in [1.165, 1.54) is 12.1 Å². The van der Waals surface area contributed by atoms with Gasteiger partial charge in [0.2, 0.25) is 5.91 Å².